The number of pyridine rings is 1. The molecular formula is C16H18F3N2O3+. The summed E-state index contributed by atoms with van der Waals surface area (Å²) in [6, 6.07) is 5.87. The molecule has 0 aliphatic heterocycles. The van der Waals surface area contributed by atoms with Crippen LogP contribution in [0.5, 0.6) is 17.2 Å². The second-order valence-electron chi connectivity index (χ2n) is 4.88. The summed E-state index contributed by atoms with van der Waals surface area (Å²) in [5, 5.41) is 3.00. The van der Waals surface area contributed by atoms with Crippen LogP contribution in [-0.2, 0) is 12.7 Å². The quantitative estimate of drug-likeness (QED) is 0.875. The molecule has 0 aliphatic carbocycles. The average Bonchev–Trinajstić information content (AvgIpc) is 2.58. The van der Waals surface area contributed by atoms with Crippen molar-refractivity contribution in [3.05, 3.63) is 41.6 Å². The fraction of sp³-hybridized carbons (Fsp3) is 0.312. The Hall–Kier alpha value is -2.64. The number of benzene rings is 1. The molecule has 0 amide bonds. The van der Waals surface area contributed by atoms with Gasteiger partial charge in [-0.1, -0.05) is 0 Å². The van der Waals surface area contributed by atoms with Gasteiger partial charge in [0.05, 0.1) is 26.9 Å². The van der Waals surface area contributed by atoms with E-state index in [-0.39, 0.29) is 0 Å². The molecule has 0 saturated carbocycles. The Morgan fingerprint density at radius 2 is 1.62 bits per heavy atom. The summed E-state index contributed by atoms with van der Waals surface area (Å²) >= 11 is 0. The topological polar surface area (TPSA) is 53.9 Å². The van der Waals surface area contributed by atoms with Crippen LogP contribution in [0.4, 0.5) is 19.0 Å². The number of rotatable bonds is 6. The number of methoxy groups -OCH3 is 3. The van der Waals surface area contributed by atoms with Gasteiger partial charge >= 0.3 is 6.18 Å². The van der Waals surface area contributed by atoms with Crippen molar-refractivity contribution in [1.82, 2.24) is 0 Å². The van der Waals surface area contributed by atoms with Crippen molar-refractivity contribution in [2.45, 2.75) is 12.7 Å². The third-order valence-corrected chi connectivity index (χ3v) is 3.35. The number of halogens is 3. The fourth-order valence-electron chi connectivity index (χ4n) is 2.15. The van der Waals surface area contributed by atoms with Gasteiger partial charge in [0.1, 0.15) is 12.7 Å². The normalized spacial score (nSPS) is 11.1. The minimum atomic E-state index is -4.37. The zero-order valence-corrected chi connectivity index (χ0v) is 13.5. The Morgan fingerprint density at radius 1 is 1.00 bits per heavy atom. The maximum absolute atomic E-state index is 12.5. The van der Waals surface area contributed by atoms with Crippen molar-refractivity contribution in [2.24, 2.45) is 0 Å². The second-order valence-corrected chi connectivity index (χ2v) is 4.88. The van der Waals surface area contributed by atoms with Crippen molar-refractivity contribution >= 4 is 5.82 Å². The largest absolute Gasteiger partial charge is 0.493 e. The Morgan fingerprint density at radius 3 is 2.04 bits per heavy atom. The van der Waals surface area contributed by atoms with Crippen LogP contribution in [-0.4, -0.2) is 21.3 Å². The zero-order chi connectivity index (χ0) is 17.7. The van der Waals surface area contributed by atoms with E-state index in [1.54, 1.807) is 12.1 Å². The molecule has 0 unspecified atom stereocenters. The molecule has 0 aliphatic rings. The molecule has 2 N–H and O–H groups in total. The van der Waals surface area contributed by atoms with E-state index in [2.05, 4.69) is 10.3 Å². The van der Waals surface area contributed by atoms with Crippen molar-refractivity contribution in [3.8, 4) is 17.2 Å². The van der Waals surface area contributed by atoms with Gasteiger partial charge in [0.2, 0.25) is 5.75 Å². The minimum absolute atomic E-state index is 0.360. The molecule has 5 nitrogen and oxygen atoms in total. The molecule has 0 saturated heterocycles. The van der Waals surface area contributed by atoms with Crippen LogP contribution >= 0.6 is 0 Å². The lowest BCUT2D eigenvalue weighted by Gasteiger charge is -2.13. The molecule has 8 heteroatoms. The van der Waals surface area contributed by atoms with E-state index < -0.39 is 11.7 Å². The lowest BCUT2D eigenvalue weighted by atomic mass is 10.1. The zero-order valence-electron chi connectivity index (χ0n) is 13.5. The summed E-state index contributed by atoms with van der Waals surface area (Å²) in [4.78, 5) is 2.58. The summed E-state index contributed by atoms with van der Waals surface area (Å²) in [5.74, 6) is 1.94. The number of hydrogen-bond acceptors (Lipinski definition) is 4. The molecule has 2 rings (SSSR count). The molecule has 0 radical (unpaired) electrons. The lowest BCUT2D eigenvalue weighted by Crippen LogP contribution is -2.16. The number of ether oxygens (including phenoxy) is 3. The molecule has 0 spiro atoms. The number of H-pyrrole nitrogens is 1. The summed E-state index contributed by atoms with van der Waals surface area (Å²) in [7, 11) is 4.53. The van der Waals surface area contributed by atoms with Gasteiger partial charge < -0.3 is 14.2 Å². The number of aromatic amines is 1. The summed E-state index contributed by atoms with van der Waals surface area (Å²) < 4.78 is 53.3. The van der Waals surface area contributed by atoms with Crippen molar-refractivity contribution in [2.75, 3.05) is 26.6 Å². The van der Waals surface area contributed by atoms with E-state index in [0.717, 1.165) is 17.8 Å². The molecular weight excluding hydrogens is 325 g/mol. The summed E-state index contributed by atoms with van der Waals surface area (Å²) in [5.41, 5.74) is 0.0821. The average molecular weight is 343 g/mol. The predicted molar refractivity (Wildman–Crippen MR) is 81.4 cm³/mol. The van der Waals surface area contributed by atoms with Gasteiger partial charge in [0.25, 0.3) is 5.82 Å². The Bertz CT molecular complexity index is 663. The predicted octanol–water partition coefficient (Wildman–Crippen LogP) is 3.16. The summed E-state index contributed by atoms with van der Waals surface area (Å²) in [6.45, 7) is 0.360. The number of hydrogen-bond donors (Lipinski definition) is 1. The van der Waals surface area contributed by atoms with Crippen LogP contribution in [0.1, 0.15) is 11.1 Å². The van der Waals surface area contributed by atoms with Crippen LogP contribution in [0.25, 0.3) is 0 Å². The maximum Gasteiger partial charge on any atom is 0.419 e. The molecule has 1 aromatic carbocycles. The third kappa shape index (κ3) is 4.01. The van der Waals surface area contributed by atoms with E-state index in [1.807, 2.05) is 0 Å². The Balaban J connectivity index is 2.14. The van der Waals surface area contributed by atoms with E-state index in [4.69, 9.17) is 14.2 Å². The van der Waals surface area contributed by atoms with Gasteiger partial charge in [-0.25, -0.2) is 4.98 Å². The van der Waals surface area contributed by atoms with E-state index in [9.17, 15) is 13.2 Å². The van der Waals surface area contributed by atoms with Gasteiger partial charge in [-0.2, -0.15) is 13.2 Å². The van der Waals surface area contributed by atoms with Gasteiger partial charge in [0, 0.05) is 11.6 Å². The number of nitrogens with one attached hydrogen (secondary N) is 2. The van der Waals surface area contributed by atoms with E-state index >= 15 is 0 Å². The van der Waals surface area contributed by atoms with Crippen molar-refractivity contribution in [3.63, 3.8) is 0 Å². The number of anilines is 1. The van der Waals surface area contributed by atoms with Crippen LogP contribution in [0, 0.1) is 0 Å². The highest BCUT2D eigenvalue weighted by Crippen LogP contribution is 2.38. The molecule has 0 bridgehead atoms. The van der Waals surface area contributed by atoms with E-state index in [0.29, 0.717) is 29.6 Å². The number of aromatic nitrogens is 1. The highest BCUT2D eigenvalue weighted by atomic mass is 19.4. The number of alkyl halides is 3. The molecule has 1 aromatic heterocycles. The monoisotopic (exact) mass is 343 g/mol. The van der Waals surface area contributed by atoms with Crippen LogP contribution in [0.3, 0.4) is 0 Å². The molecule has 130 valence electrons. The highest BCUT2D eigenvalue weighted by molar-refractivity contribution is 5.54. The van der Waals surface area contributed by atoms with Gasteiger partial charge in [-0.05, 0) is 18.2 Å². The first kappa shape index (κ1) is 17.7. The van der Waals surface area contributed by atoms with Crippen LogP contribution < -0.4 is 24.5 Å². The first-order valence-corrected chi connectivity index (χ1v) is 7.00. The van der Waals surface area contributed by atoms with Crippen LogP contribution in [0.15, 0.2) is 30.5 Å². The van der Waals surface area contributed by atoms with Crippen molar-refractivity contribution in [1.29, 1.82) is 0 Å². The Labute approximate surface area is 137 Å². The first-order chi connectivity index (χ1) is 11.4. The standard InChI is InChI=1S/C16H17F3N2O3/c1-22-12-6-10(7-13(23-2)15(12)24-3)8-20-14-5-4-11(9-21-14)16(17,18)19/h4-7,9H,8H2,1-3H3,(H,20,21)/p+1. The summed E-state index contributed by atoms with van der Waals surface area (Å²) in [6.07, 6.45) is -3.46. The maximum atomic E-state index is 12.5. The van der Waals surface area contributed by atoms with Crippen molar-refractivity contribution < 1.29 is 32.4 Å². The molecule has 1 heterocycles. The fourth-order valence-corrected chi connectivity index (χ4v) is 2.15. The molecule has 0 fully saturated rings. The molecule has 0 atom stereocenters. The van der Waals surface area contributed by atoms with Crippen LogP contribution in [0.2, 0.25) is 0 Å². The SMILES string of the molecule is COc1cc(CNc2ccc(C(F)(F)F)c[nH+]2)cc(OC)c1OC. The Kier molecular flexibility index (Phi) is 5.38. The third-order valence-electron chi connectivity index (χ3n) is 3.35. The smallest absolute Gasteiger partial charge is 0.419 e. The lowest BCUT2D eigenvalue weighted by molar-refractivity contribution is -0.364. The second kappa shape index (κ2) is 7.29. The van der Waals surface area contributed by atoms with Gasteiger partial charge in [-0.3, -0.25) is 5.32 Å². The first-order valence-electron chi connectivity index (χ1n) is 7.00. The van der Waals surface area contributed by atoms with E-state index in [1.165, 1.54) is 27.4 Å². The van der Waals surface area contributed by atoms with Gasteiger partial charge in [-0.15, -0.1) is 0 Å². The van der Waals surface area contributed by atoms with Gasteiger partial charge in [0.15, 0.2) is 11.5 Å². The minimum Gasteiger partial charge on any atom is -0.493 e. The molecule has 24 heavy (non-hydrogen) atoms. The highest BCUT2D eigenvalue weighted by Gasteiger charge is 2.31. The molecule has 2 aromatic rings.